The zero-order valence-corrected chi connectivity index (χ0v) is 9.78. The van der Waals surface area contributed by atoms with Gasteiger partial charge in [0.1, 0.15) is 5.21 Å². The predicted molar refractivity (Wildman–Crippen MR) is 55.5 cm³/mol. The van der Waals surface area contributed by atoms with E-state index in [1.54, 1.807) is 13.8 Å². The summed E-state index contributed by atoms with van der Waals surface area (Å²) in [7, 11) is -3.37. The Bertz CT molecular complexity index is 277. The summed E-state index contributed by atoms with van der Waals surface area (Å²) >= 11 is 5.15. The molecule has 0 aliphatic rings. The normalized spacial score (nSPS) is 11.7. The van der Waals surface area contributed by atoms with Crippen LogP contribution in [0.15, 0.2) is 0 Å². The molecule has 0 unspecified atom stereocenters. The summed E-state index contributed by atoms with van der Waals surface area (Å²) in [6, 6.07) is 0. The number of halogens is 1. The molecule has 0 aliphatic heterocycles. The van der Waals surface area contributed by atoms with Gasteiger partial charge in [-0.25, -0.2) is 13.1 Å². The van der Waals surface area contributed by atoms with Gasteiger partial charge in [0.15, 0.2) is 0 Å². The molecule has 5 nitrogen and oxygen atoms in total. The van der Waals surface area contributed by atoms with Crippen LogP contribution in [0.2, 0.25) is 0 Å². The van der Waals surface area contributed by atoms with Crippen molar-refractivity contribution in [1.29, 1.82) is 0 Å². The summed E-state index contributed by atoms with van der Waals surface area (Å²) < 4.78 is 23.9. The van der Waals surface area contributed by atoms with Crippen molar-refractivity contribution in [2.45, 2.75) is 13.8 Å². The molecular weight excluding hydrogens is 228 g/mol. The average molecular weight is 243 g/mol. The third-order valence-electron chi connectivity index (χ3n) is 1.41. The van der Waals surface area contributed by atoms with Crippen molar-refractivity contribution in [3.63, 3.8) is 0 Å². The first-order valence-electron chi connectivity index (χ1n) is 4.20. The zero-order chi connectivity index (χ0) is 11.2. The van der Waals surface area contributed by atoms with E-state index in [0.29, 0.717) is 0 Å². The van der Waals surface area contributed by atoms with Crippen molar-refractivity contribution in [3.8, 4) is 0 Å². The summed E-state index contributed by atoms with van der Waals surface area (Å²) in [4.78, 5) is 11.0. The number of carbonyl (C=O) groups excluding carboxylic acids is 1. The topological polar surface area (TPSA) is 75.3 Å². The van der Waals surface area contributed by atoms with E-state index in [4.69, 9.17) is 11.6 Å². The molecule has 0 fully saturated rings. The van der Waals surface area contributed by atoms with E-state index in [1.165, 1.54) is 0 Å². The second kappa shape index (κ2) is 6.21. The Morgan fingerprint density at radius 3 is 2.36 bits per heavy atom. The highest BCUT2D eigenvalue weighted by atomic mass is 35.5. The van der Waals surface area contributed by atoms with Crippen LogP contribution in [-0.4, -0.2) is 32.6 Å². The maximum Gasteiger partial charge on any atom is 0.225 e. The molecule has 0 aromatic heterocycles. The molecule has 7 heteroatoms. The lowest BCUT2D eigenvalue weighted by Crippen LogP contribution is -2.36. The molecule has 0 aromatic carbocycles. The van der Waals surface area contributed by atoms with Gasteiger partial charge >= 0.3 is 0 Å². The standard InChI is InChI=1S/C7H15ClN2O3S/c1-6(2)7(11)9-3-4-10-14(12,13)5-8/h6,10H,3-5H2,1-2H3,(H,9,11). The zero-order valence-electron chi connectivity index (χ0n) is 8.21. The molecule has 0 rings (SSSR count). The highest BCUT2D eigenvalue weighted by molar-refractivity contribution is 7.90. The van der Waals surface area contributed by atoms with Gasteiger partial charge in [-0.05, 0) is 0 Å². The fraction of sp³-hybridized carbons (Fsp3) is 0.857. The number of alkyl halides is 1. The first-order chi connectivity index (χ1) is 6.39. The van der Waals surface area contributed by atoms with Crippen LogP contribution in [0.1, 0.15) is 13.8 Å². The maximum absolute atomic E-state index is 11.0. The fourth-order valence-corrected chi connectivity index (χ4v) is 1.36. The summed E-state index contributed by atoms with van der Waals surface area (Å²) in [5.41, 5.74) is 0. The van der Waals surface area contributed by atoms with Crippen LogP contribution in [0.4, 0.5) is 0 Å². The third kappa shape index (κ3) is 6.17. The van der Waals surface area contributed by atoms with Gasteiger partial charge in [0.25, 0.3) is 0 Å². The molecule has 0 radical (unpaired) electrons. The van der Waals surface area contributed by atoms with E-state index in [2.05, 4.69) is 10.0 Å². The van der Waals surface area contributed by atoms with Gasteiger partial charge in [0, 0.05) is 19.0 Å². The summed E-state index contributed by atoms with van der Waals surface area (Å²) in [5.74, 6) is -0.199. The van der Waals surface area contributed by atoms with Crippen molar-refractivity contribution >= 4 is 27.5 Å². The number of sulfonamides is 1. The summed E-state index contributed by atoms with van der Waals surface area (Å²) in [5, 5.41) is 2.10. The summed E-state index contributed by atoms with van der Waals surface area (Å²) in [6.07, 6.45) is 0. The molecule has 0 spiro atoms. The molecule has 1 amide bonds. The second-order valence-electron chi connectivity index (χ2n) is 3.06. The van der Waals surface area contributed by atoms with Crippen LogP contribution in [0.3, 0.4) is 0 Å². The molecule has 0 bridgehead atoms. The van der Waals surface area contributed by atoms with E-state index in [-0.39, 0.29) is 24.9 Å². The van der Waals surface area contributed by atoms with Gasteiger partial charge < -0.3 is 5.32 Å². The lowest BCUT2D eigenvalue weighted by molar-refractivity contribution is -0.123. The average Bonchev–Trinajstić information content (AvgIpc) is 2.12. The minimum Gasteiger partial charge on any atom is -0.355 e. The fourth-order valence-electron chi connectivity index (χ4n) is 0.635. The van der Waals surface area contributed by atoms with Crippen LogP contribution in [0.5, 0.6) is 0 Å². The highest BCUT2D eigenvalue weighted by Crippen LogP contribution is 1.89. The van der Waals surface area contributed by atoms with E-state index < -0.39 is 15.2 Å². The minimum absolute atomic E-state index is 0.0976. The van der Waals surface area contributed by atoms with Crippen molar-refractivity contribution in [3.05, 3.63) is 0 Å². The number of amides is 1. The quantitative estimate of drug-likeness (QED) is 0.504. The van der Waals surface area contributed by atoms with Crippen LogP contribution >= 0.6 is 11.6 Å². The number of carbonyl (C=O) groups is 1. The Labute approximate surface area is 89.3 Å². The molecule has 14 heavy (non-hydrogen) atoms. The van der Waals surface area contributed by atoms with Crippen molar-refractivity contribution < 1.29 is 13.2 Å². The molecule has 0 saturated carbocycles. The SMILES string of the molecule is CC(C)C(=O)NCCNS(=O)(=O)CCl. The largest absolute Gasteiger partial charge is 0.355 e. The number of rotatable bonds is 6. The van der Waals surface area contributed by atoms with E-state index >= 15 is 0 Å². The molecule has 0 saturated heterocycles. The molecular formula is C7H15ClN2O3S. The highest BCUT2D eigenvalue weighted by Gasteiger charge is 2.08. The van der Waals surface area contributed by atoms with E-state index in [9.17, 15) is 13.2 Å². The summed E-state index contributed by atoms with van der Waals surface area (Å²) in [6.45, 7) is 3.96. The number of hydrogen-bond acceptors (Lipinski definition) is 3. The van der Waals surface area contributed by atoms with Gasteiger partial charge in [0.05, 0.1) is 0 Å². The lowest BCUT2D eigenvalue weighted by atomic mass is 10.2. The van der Waals surface area contributed by atoms with Gasteiger partial charge in [-0.15, -0.1) is 11.6 Å². The Kier molecular flexibility index (Phi) is 6.06. The first kappa shape index (κ1) is 13.7. The Balaban J connectivity index is 3.63. The molecule has 0 aliphatic carbocycles. The Hall–Kier alpha value is -0.330. The number of nitrogens with one attached hydrogen (secondary N) is 2. The smallest absolute Gasteiger partial charge is 0.225 e. The minimum atomic E-state index is -3.37. The number of hydrogen-bond donors (Lipinski definition) is 2. The maximum atomic E-state index is 11.0. The molecule has 0 heterocycles. The molecule has 0 aromatic rings. The van der Waals surface area contributed by atoms with E-state index in [0.717, 1.165) is 0 Å². The van der Waals surface area contributed by atoms with Crippen LogP contribution < -0.4 is 10.0 Å². The molecule has 0 atom stereocenters. The first-order valence-corrected chi connectivity index (χ1v) is 6.38. The van der Waals surface area contributed by atoms with Gasteiger partial charge in [-0.1, -0.05) is 13.8 Å². The van der Waals surface area contributed by atoms with Crippen LogP contribution in [-0.2, 0) is 14.8 Å². The van der Waals surface area contributed by atoms with Gasteiger partial charge in [-0.3, -0.25) is 4.79 Å². The van der Waals surface area contributed by atoms with Gasteiger partial charge in [0.2, 0.25) is 15.9 Å². The van der Waals surface area contributed by atoms with Crippen LogP contribution in [0.25, 0.3) is 0 Å². The van der Waals surface area contributed by atoms with Crippen LogP contribution in [0, 0.1) is 5.92 Å². The Morgan fingerprint density at radius 2 is 1.93 bits per heavy atom. The van der Waals surface area contributed by atoms with Crippen molar-refractivity contribution in [2.75, 3.05) is 18.3 Å². The van der Waals surface area contributed by atoms with Crippen molar-refractivity contribution in [2.24, 2.45) is 5.92 Å². The molecule has 84 valence electrons. The predicted octanol–water partition coefficient (Wildman–Crippen LogP) is -0.126. The second-order valence-corrected chi connectivity index (χ2v) is 5.45. The third-order valence-corrected chi connectivity index (χ3v) is 3.21. The lowest BCUT2D eigenvalue weighted by Gasteiger charge is -2.07. The molecule has 2 N–H and O–H groups in total. The van der Waals surface area contributed by atoms with Crippen molar-refractivity contribution in [1.82, 2.24) is 10.0 Å². The monoisotopic (exact) mass is 242 g/mol. The van der Waals surface area contributed by atoms with E-state index in [1.807, 2.05) is 0 Å². The Morgan fingerprint density at radius 1 is 1.36 bits per heavy atom. The van der Waals surface area contributed by atoms with Gasteiger partial charge in [-0.2, -0.15) is 0 Å².